The van der Waals surface area contributed by atoms with Crippen molar-refractivity contribution in [3.8, 4) is 5.82 Å². The largest absolute Gasteiger partial charge is 0.323 e. The highest BCUT2D eigenvalue weighted by molar-refractivity contribution is 5.94. The van der Waals surface area contributed by atoms with Gasteiger partial charge in [0.25, 0.3) is 0 Å². The highest BCUT2D eigenvalue weighted by Gasteiger charge is 2.11. The molecule has 19 heavy (non-hydrogen) atoms. The smallest absolute Gasteiger partial charge is 0.241 e. The zero-order chi connectivity index (χ0) is 13.8. The summed E-state index contributed by atoms with van der Waals surface area (Å²) in [5.41, 5.74) is 6.28. The fourth-order valence-electron chi connectivity index (χ4n) is 1.64. The first-order valence-corrected chi connectivity index (χ1v) is 6.14. The predicted octanol–water partition coefficient (Wildman–Crippen LogP) is 1.25. The zero-order valence-electron chi connectivity index (χ0n) is 11.0. The van der Waals surface area contributed by atoms with E-state index >= 15 is 0 Å². The van der Waals surface area contributed by atoms with Gasteiger partial charge in [0, 0.05) is 12.4 Å². The van der Waals surface area contributed by atoms with E-state index in [1.165, 1.54) is 0 Å². The van der Waals surface area contributed by atoms with E-state index < -0.39 is 6.04 Å². The Bertz CT molecular complexity index is 561. The molecule has 2 rings (SSSR count). The lowest BCUT2D eigenvalue weighted by Crippen LogP contribution is -2.34. The molecule has 6 nitrogen and oxygen atoms in total. The molecule has 2 heterocycles. The number of carbonyl (C=O) groups excluding carboxylic acids is 1. The van der Waals surface area contributed by atoms with E-state index in [-0.39, 0.29) is 5.91 Å². The van der Waals surface area contributed by atoms with Crippen molar-refractivity contribution in [1.29, 1.82) is 0 Å². The molecule has 0 saturated carbocycles. The molecule has 1 amide bonds. The minimum atomic E-state index is -0.490. The summed E-state index contributed by atoms with van der Waals surface area (Å²) in [6.45, 7) is 3.77. The topological polar surface area (TPSA) is 85.8 Å². The average molecular weight is 259 g/mol. The van der Waals surface area contributed by atoms with Gasteiger partial charge in [0.2, 0.25) is 5.91 Å². The quantitative estimate of drug-likeness (QED) is 0.865. The summed E-state index contributed by atoms with van der Waals surface area (Å²) in [6.07, 6.45) is 5.76. The summed E-state index contributed by atoms with van der Waals surface area (Å²) in [7, 11) is 0. The molecule has 6 heteroatoms. The van der Waals surface area contributed by atoms with E-state index in [9.17, 15) is 4.79 Å². The van der Waals surface area contributed by atoms with Crippen LogP contribution < -0.4 is 11.1 Å². The van der Waals surface area contributed by atoms with Crippen LogP contribution in [0.15, 0.2) is 30.7 Å². The SMILES string of the molecule is CCC(N)C(=O)Nc1ccc(-n2ccnc2C)nc1. The van der Waals surface area contributed by atoms with Crippen LogP contribution in [0.4, 0.5) is 5.69 Å². The lowest BCUT2D eigenvalue weighted by molar-refractivity contribution is -0.117. The molecule has 1 unspecified atom stereocenters. The second-order valence-electron chi connectivity index (χ2n) is 4.25. The summed E-state index contributed by atoms with van der Waals surface area (Å²) >= 11 is 0. The maximum Gasteiger partial charge on any atom is 0.241 e. The minimum Gasteiger partial charge on any atom is -0.323 e. The van der Waals surface area contributed by atoms with Gasteiger partial charge in [-0.2, -0.15) is 0 Å². The third kappa shape index (κ3) is 2.97. The normalized spacial score (nSPS) is 12.2. The second-order valence-corrected chi connectivity index (χ2v) is 4.25. The fourth-order valence-corrected chi connectivity index (χ4v) is 1.64. The van der Waals surface area contributed by atoms with Crippen molar-refractivity contribution in [2.45, 2.75) is 26.3 Å². The van der Waals surface area contributed by atoms with E-state index in [4.69, 9.17) is 5.73 Å². The number of nitrogens with zero attached hydrogens (tertiary/aromatic N) is 3. The Balaban J connectivity index is 2.11. The van der Waals surface area contributed by atoms with Crippen LogP contribution in [0.2, 0.25) is 0 Å². The maximum atomic E-state index is 11.6. The summed E-state index contributed by atoms with van der Waals surface area (Å²) < 4.78 is 1.86. The molecule has 0 saturated heterocycles. The van der Waals surface area contributed by atoms with Crippen LogP contribution in [-0.4, -0.2) is 26.5 Å². The molecule has 2 aromatic heterocycles. The third-order valence-corrected chi connectivity index (χ3v) is 2.86. The number of hydrogen-bond donors (Lipinski definition) is 2. The van der Waals surface area contributed by atoms with Crippen molar-refractivity contribution in [2.75, 3.05) is 5.32 Å². The standard InChI is InChI=1S/C13H17N5O/c1-3-11(14)13(19)17-10-4-5-12(16-8-10)18-7-6-15-9(18)2/h4-8,11H,3,14H2,1-2H3,(H,17,19). The van der Waals surface area contributed by atoms with Crippen LogP contribution in [0.25, 0.3) is 5.82 Å². The Morgan fingerprint density at radius 3 is 2.79 bits per heavy atom. The molecule has 0 aromatic carbocycles. The van der Waals surface area contributed by atoms with E-state index in [0.717, 1.165) is 11.6 Å². The number of amides is 1. The lowest BCUT2D eigenvalue weighted by Gasteiger charge is -2.10. The third-order valence-electron chi connectivity index (χ3n) is 2.86. The molecule has 0 radical (unpaired) electrons. The number of aromatic nitrogens is 3. The molecule has 100 valence electrons. The number of anilines is 1. The summed E-state index contributed by atoms with van der Waals surface area (Å²) in [4.78, 5) is 20.1. The Labute approximate surface area is 111 Å². The Morgan fingerprint density at radius 2 is 2.26 bits per heavy atom. The van der Waals surface area contributed by atoms with Gasteiger partial charge in [0.1, 0.15) is 11.6 Å². The van der Waals surface area contributed by atoms with Crippen LogP contribution in [0.5, 0.6) is 0 Å². The van der Waals surface area contributed by atoms with Gasteiger partial charge < -0.3 is 11.1 Å². The molecule has 2 aromatic rings. The van der Waals surface area contributed by atoms with Crippen molar-refractivity contribution in [2.24, 2.45) is 5.73 Å². The van der Waals surface area contributed by atoms with Crippen LogP contribution in [0, 0.1) is 6.92 Å². The molecular weight excluding hydrogens is 242 g/mol. The number of carbonyl (C=O) groups is 1. The number of hydrogen-bond acceptors (Lipinski definition) is 4. The second kappa shape index (κ2) is 5.62. The van der Waals surface area contributed by atoms with Gasteiger partial charge in [-0.05, 0) is 25.5 Å². The number of rotatable bonds is 4. The van der Waals surface area contributed by atoms with Gasteiger partial charge in [-0.1, -0.05) is 6.92 Å². The zero-order valence-corrected chi connectivity index (χ0v) is 11.0. The summed E-state index contributed by atoms with van der Waals surface area (Å²) in [5.74, 6) is 1.42. The van der Waals surface area contributed by atoms with Crippen LogP contribution in [0.1, 0.15) is 19.2 Å². The number of imidazole rings is 1. The van der Waals surface area contributed by atoms with Gasteiger partial charge in [0.15, 0.2) is 0 Å². The number of nitrogens with one attached hydrogen (secondary N) is 1. The van der Waals surface area contributed by atoms with Crippen molar-refractivity contribution in [3.05, 3.63) is 36.5 Å². The molecular formula is C13H17N5O. The van der Waals surface area contributed by atoms with Crippen molar-refractivity contribution >= 4 is 11.6 Å². The monoisotopic (exact) mass is 259 g/mol. The highest BCUT2D eigenvalue weighted by Crippen LogP contribution is 2.11. The van der Waals surface area contributed by atoms with Crippen LogP contribution in [-0.2, 0) is 4.79 Å². The minimum absolute atomic E-state index is 0.198. The number of aryl methyl sites for hydroxylation is 1. The first kappa shape index (κ1) is 13.2. The van der Waals surface area contributed by atoms with E-state index in [0.29, 0.717) is 12.1 Å². The van der Waals surface area contributed by atoms with Crippen LogP contribution in [0.3, 0.4) is 0 Å². The van der Waals surface area contributed by atoms with E-state index in [2.05, 4.69) is 15.3 Å². The first-order chi connectivity index (χ1) is 9.11. The van der Waals surface area contributed by atoms with Crippen LogP contribution >= 0.6 is 0 Å². The van der Waals surface area contributed by atoms with Gasteiger partial charge in [-0.3, -0.25) is 9.36 Å². The highest BCUT2D eigenvalue weighted by atomic mass is 16.2. The van der Waals surface area contributed by atoms with E-state index in [1.54, 1.807) is 18.5 Å². The van der Waals surface area contributed by atoms with Gasteiger partial charge in [0.05, 0.1) is 17.9 Å². The lowest BCUT2D eigenvalue weighted by atomic mass is 10.2. The van der Waals surface area contributed by atoms with Crippen molar-refractivity contribution in [1.82, 2.24) is 14.5 Å². The first-order valence-electron chi connectivity index (χ1n) is 6.14. The van der Waals surface area contributed by atoms with Crippen molar-refractivity contribution < 1.29 is 4.79 Å². The molecule has 0 spiro atoms. The predicted molar refractivity (Wildman–Crippen MR) is 73.0 cm³/mol. The molecule has 0 bridgehead atoms. The number of pyridine rings is 1. The molecule has 0 aliphatic rings. The molecule has 0 aliphatic carbocycles. The Hall–Kier alpha value is -2.21. The molecule has 3 N–H and O–H groups in total. The fraction of sp³-hybridized carbons (Fsp3) is 0.308. The van der Waals surface area contributed by atoms with E-state index in [1.807, 2.05) is 30.7 Å². The van der Waals surface area contributed by atoms with Crippen molar-refractivity contribution in [3.63, 3.8) is 0 Å². The average Bonchev–Trinajstić information content (AvgIpc) is 2.85. The van der Waals surface area contributed by atoms with Gasteiger partial charge in [-0.15, -0.1) is 0 Å². The Morgan fingerprint density at radius 1 is 1.47 bits per heavy atom. The van der Waals surface area contributed by atoms with Gasteiger partial charge >= 0.3 is 0 Å². The molecule has 0 fully saturated rings. The van der Waals surface area contributed by atoms with Gasteiger partial charge in [-0.25, -0.2) is 9.97 Å². The maximum absolute atomic E-state index is 11.6. The molecule has 1 atom stereocenters. The summed E-state index contributed by atoms with van der Waals surface area (Å²) in [6, 6.07) is 3.12. The summed E-state index contributed by atoms with van der Waals surface area (Å²) in [5, 5.41) is 2.73. The Kier molecular flexibility index (Phi) is 3.91. The number of nitrogens with two attached hydrogens (primary N) is 1. The molecule has 0 aliphatic heterocycles.